The Balaban J connectivity index is 1.61. The monoisotopic (exact) mass is 390 g/mol. The number of anilines is 1. The Labute approximate surface area is 168 Å². The predicted octanol–water partition coefficient (Wildman–Crippen LogP) is 5.10. The van der Waals surface area contributed by atoms with Gasteiger partial charge in [-0.25, -0.2) is 0 Å². The number of aromatic nitrogens is 3. The lowest BCUT2D eigenvalue weighted by Crippen LogP contribution is -2.15. The Morgan fingerprint density at radius 3 is 2.68 bits per heavy atom. The van der Waals surface area contributed by atoms with Crippen molar-refractivity contribution in [2.45, 2.75) is 34.1 Å². The lowest BCUT2D eigenvalue weighted by molar-refractivity contribution is -0.115. The Morgan fingerprint density at radius 2 is 1.93 bits per heavy atom. The number of aryl methyl sites for hydroxylation is 4. The van der Waals surface area contributed by atoms with E-state index in [1.54, 1.807) is 0 Å². The minimum absolute atomic E-state index is 0.0280. The topological polar surface area (TPSA) is 70.7 Å². The first-order valence-electron chi connectivity index (χ1n) is 9.18. The average molecular weight is 391 g/mol. The molecule has 0 bridgehead atoms. The summed E-state index contributed by atoms with van der Waals surface area (Å²) in [5, 5.41) is 10.2. The molecule has 0 unspecified atom stereocenters. The molecule has 1 amide bonds. The van der Waals surface area contributed by atoms with E-state index >= 15 is 0 Å². The number of carbonyl (C=O) groups is 1. The smallest absolute Gasteiger partial charge is 0.228 e. The van der Waals surface area contributed by atoms with Crippen molar-refractivity contribution in [3.8, 4) is 11.3 Å². The number of nitrogens with one attached hydrogen (secondary N) is 2. The van der Waals surface area contributed by atoms with Gasteiger partial charge in [0.25, 0.3) is 0 Å². The van der Waals surface area contributed by atoms with Crippen molar-refractivity contribution < 1.29 is 4.79 Å². The molecule has 4 aromatic rings. The highest BCUT2D eigenvalue weighted by Gasteiger charge is 2.15. The number of nitrogens with zero attached hydrogens (tertiary/aromatic N) is 2. The molecule has 0 radical (unpaired) electrons. The van der Waals surface area contributed by atoms with Crippen LogP contribution in [0, 0.1) is 27.7 Å². The quantitative estimate of drug-likeness (QED) is 0.509. The summed E-state index contributed by atoms with van der Waals surface area (Å²) in [6, 6.07) is 10.3. The number of rotatable bonds is 4. The molecule has 5 nitrogen and oxygen atoms in total. The zero-order valence-corrected chi connectivity index (χ0v) is 17.2. The molecule has 0 saturated carbocycles. The molecule has 0 aliphatic heterocycles. The lowest BCUT2D eigenvalue weighted by atomic mass is 10.0. The summed E-state index contributed by atoms with van der Waals surface area (Å²) in [7, 11) is 0. The number of H-pyrrole nitrogens is 1. The van der Waals surface area contributed by atoms with Gasteiger partial charge in [-0.05, 0) is 68.1 Å². The fraction of sp³-hybridized carbons (Fsp3) is 0.227. The molecule has 142 valence electrons. The van der Waals surface area contributed by atoms with Gasteiger partial charge >= 0.3 is 0 Å². The third-order valence-corrected chi connectivity index (χ3v) is 5.58. The van der Waals surface area contributed by atoms with Crippen LogP contribution >= 0.6 is 11.5 Å². The summed E-state index contributed by atoms with van der Waals surface area (Å²) < 4.78 is 3.92. The Morgan fingerprint density at radius 1 is 1.11 bits per heavy atom. The van der Waals surface area contributed by atoms with Crippen molar-refractivity contribution in [2.75, 3.05) is 5.32 Å². The molecule has 2 N–H and O–H groups in total. The first kappa shape index (κ1) is 18.4. The van der Waals surface area contributed by atoms with E-state index in [0.717, 1.165) is 44.7 Å². The highest BCUT2D eigenvalue weighted by Crippen LogP contribution is 2.28. The van der Waals surface area contributed by atoms with Gasteiger partial charge in [-0.2, -0.15) is 0 Å². The maximum Gasteiger partial charge on any atom is 0.228 e. The summed E-state index contributed by atoms with van der Waals surface area (Å²) in [6.07, 6.45) is 0.330. The molecule has 2 aromatic carbocycles. The van der Waals surface area contributed by atoms with Crippen LogP contribution in [0.2, 0.25) is 0 Å². The Hall–Kier alpha value is -2.99. The highest BCUT2D eigenvalue weighted by molar-refractivity contribution is 7.03. The van der Waals surface area contributed by atoms with Crippen LogP contribution in [-0.2, 0) is 11.2 Å². The van der Waals surface area contributed by atoms with Crippen LogP contribution in [0.5, 0.6) is 0 Å². The molecule has 0 spiro atoms. The number of hydrogen-bond donors (Lipinski definition) is 2. The van der Waals surface area contributed by atoms with Crippen molar-refractivity contribution in [3.05, 3.63) is 63.7 Å². The number of amides is 1. The standard InChI is InChI=1S/C22H22N4OS/c1-12-7-14(3)22-18(8-12)17(15(4)23-22)10-21(27)24-19-9-16(6-5-13(19)2)20-11-28-26-25-20/h5-9,11,23H,10H2,1-4H3,(H,24,27). The molecule has 2 heterocycles. The van der Waals surface area contributed by atoms with Gasteiger partial charge in [0.15, 0.2) is 0 Å². The van der Waals surface area contributed by atoms with Crippen molar-refractivity contribution in [3.63, 3.8) is 0 Å². The van der Waals surface area contributed by atoms with Crippen molar-refractivity contribution >= 4 is 34.0 Å². The number of aromatic amines is 1. The zero-order chi connectivity index (χ0) is 19.8. The van der Waals surface area contributed by atoms with E-state index in [9.17, 15) is 4.79 Å². The Bertz CT molecular complexity index is 1180. The van der Waals surface area contributed by atoms with Crippen LogP contribution in [0.25, 0.3) is 22.2 Å². The van der Waals surface area contributed by atoms with Crippen LogP contribution in [-0.4, -0.2) is 20.5 Å². The van der Waals surface area contributed by atoms with Crippen LogP contribution in [0.1, 0.15) is 27.9 Å². The van der Waals surface area contributed by atoms with E-state index in [2.05, 4.69) is 45.9 Å². The van der Waals surface area contributed by atoms with Gasteiger partial charge in [0, 0.05) is 33.2 Å². The van der Waals surface area contributed by atoms with E-state index < -0.39 is 0 Å². The molecule has 0 aliphatic carbocycles. The predicted molar refractivity (Wildman–Crippen MR) is 115 cm³/mol. The van der Waals surface area contributed by atoms with E-state index in [0.29, 0.717) is 6.42 Å². The van der Waals surface area contributed by atoms with Gasteiger partial charge in [-0.1, -0.05) is 28.3 Å². The molecule has 0 saturated heterocycles. The molecule has 6 heteroatoms. The zero-order valence-electron chi connectivity index (χ0n) is 16.4. The molecule has 4 rings (SSSR count). The highest BCUT2D eigenvalue weighted by atomic mass is 32.1. The molecule has 0 fully saturated rings. The van der Waals surface area contributed by atoms with Crippen molar-refractivity contribution in [1.82, 2.24) is 14.6 Å². The van der Waals surface area contributed by atoms with E-state index in [-0.39, 0.29) is 5.91 Å². The lowest BCUT2D eigenvalue weighted by Gasteiger charge is -2.10. The number of benzene rings is 2. The van der Waals surface area contributed by atoms with Crippen LogP contribution in [0.3, 0.4) is 0 Å². The number of fused-ring (bicyclic) bond motifs is 1. The van der Waals surface area contributed by atoms with Gasteiger partial charge in [-0.3, -0.25) is 4.79 Å². The molecule has 28 heavy (non-hydrogen) atoms. The first-order valence-corrected chi connectivity index (χ1v) is 10.0. The molecule has 2 aromatic heterocycles. The second-order valence-corrected chi connectivity index (χ2v) is 7.89. The average Bonchev–Trinajstić information content (AvgIpc) is 3.27. The minimum atomic E-state index is -0.0280. The van der Waals surface area contributed by atoms with E-state index in [1.807, 2.05) is 37.4 Å². The summed E-state index contributed by atoms with van der Waals surface area (Å²) in [6.45, 7) is 8.19. The molecule has 0 aliphatic rings. The van der Waals surface area contributed by atoms with Crippen LogP contribution < -0.4 is 5.32 Å². The largest absolute Gasteiger partial charge is 0.358 e. The van der Waals surface area contributed by atoms with E-state index in [4.69, 9.17) is 0 Å². The van der Waals surface area contributed by atoms with Gasteiger partial charge in [0.1, 0.15) is 5.69 Å². The normalized spacial score (nSPS) is 11.1. The maximum atomic E-state index is 12.8. The summed E-state index contributed by atoms with van der Waals surface area (Å²) in [5.41, 5.74) is 9.19. The summed E-state index contributed by atoms with van der Waals surface area (Å²) >= 11 is 1.31. The fourth-order valence-electron chi connectivity index (χ4n) is 3.63. The minimum Gasteiger partial charge on any atom is -0.358 e. The SMILES string of the molecule is Cc1cc(C)c2[nH]c(C)c(CC(=O)Nc3cc(-c4csnn4)ccc3C)c2c1. The third-order valence-electron chi connectivity index (χ3n) is 5.07. The van der Waals surface area contributed by atoms with Crippen LogP contribution in [0.4, 0.5) is 5.69 Å². The number of hydrogen-bond acceptors (Lipinski definition) is 4. The van der Waals surface area contributed by atoms with Gasteiger partial charge < -0.3 is 10.3 Å². The molecular weight excluding hydrogens is 368 g/mol. The molecule has 0 atom stereocenters. The van der Waals surface area contributed by atoms with E-state index in [1.165, 1.54) is 22.7 Å². The third kappa shape index (κ3) is 3.43. The van der Waals surface area contributed by atoms with Gasteiger partial charge in [0.2, 0.25) is 5.91 Å². The molecular formula is C22H22N4OS. The summed E-state index contributed by atoms with van der Waals surface area (Å²) in [5.74, 6) is -0.0280. The Kier molecular flexibility index (Phi) is 4.73. The second kappa shape index (κ2) is 7.20. The van der Waals surface area contributed by atoms with Crippen molar-refractivity contribution in [1.29, 1.82) is 0 Å². The van der Waals surface area contributed by atoms with Gasteiger partial charge in [-0.15, -0.1) is 5.10 Å². The summed E-state index contributed by atoms with van der Waals surface area (Å²) in [4.78, 5) is 16.3. The van der Waals surface area contributed by atoms with Gasteiger partial charge in [0.05, 0.1) is 6.42 Å². The maximum absolute atomic E-state index is 12.8. The van der Waals surface area contributed by atoms with Crippen LogP contribution in [0.15, 0.2) is 35.7 Å². The second-order valence-electron chi connectivity index (χ2n) is 7.28. The first-order chi connectivity index (χ1) is 13.4. The number of carbonyl (C=O) groups excluding carboxylic acids is 1. The fourth-order valence-corrected chi connectivity index (χ4v) is 4.09. The van der Waals surface area contributed by atoms with Crippen molar-refractivity contribution in [2.24, 2.45) is 0 Å².